The van der Waals surface area contributed by atoms with Gasteiger partial charge in [0.15, 0.2) is 11.5 Å². The highest BCUT2D eigenvalue weighted by Crippen LogP contribution is 2.23. The fraction of sp³-hybridized carbons (Fsp3) is 0.474. The molecular weight excluding hydrogens is 318 g/mol. The molecule has 25 heavy (non-hydrogen) atoms. The highest BCUT2D eigenvalue weighted by atomic mass is 16.5. The fourth-order valence-corrected chi connectivity index (χ4v) is 3.09. The first-order chi connectivity index (χ1) is 12.2. The number of nitrogens with one attached hydrogen (secondary N) is 1. The number of carbonyl (C=O) groups excluding carboxylic acids is 1. The summed E-state index contributed by atoms with van der Waals surface area (Å²) in [6.45, 7) is 4.99. The SMILES string of the molecule is COc1ccc(-c2cc(C(=O)NCC(C)N3CCCCC3)no2)cc1. The number of benzene rings is 1. The van der Waals surface area contributed by atoms with Crippen LogP contribution < -0.4 is 10.1 Å². The maximum Gasteiger partial charge on any atom is 0.273 e. The smallest absolute Gasteiger partial charge is 0.273 e. The van der Waals surface area contributed by atoms with Gasteiger partial charge in [-0.25, -0.2) is 0 Å². The number of methoxy groups -OCH3 is 1. The van der Waals surface area contributed by atoms with E-state index in [1.807, 2.05) is 24.3 Å². The third-order valence-corrected chi connectivity index (χ3v) is 4.69. The lowest BCUT2D eigenvalue weighted by molar-refractivity contribution is 0.0921. The van der Waals surface area contributed by atoms with Crippen molar-refractivity contribution in [3.05, 3.63) is 36.0 Å². The van der Waals surface area contributed by atoms with Gasteiger partial charge in [0.25, 0.3) is 5.91 Å². The molecule has 0 aliphatic carbocycles. The molecule has 1 saturated heterocycles. The van der Waals surface area contributed by atoms with Crippen molar-refractivity contribution >= 4 is 5.91 Å². The van der Waals surface area contributed by atoms with Gasteiger partial charge in [-0.1, -0.05) is 11.6 Å². The van der Waals surface area contributed by atoms with E-state index in [-0.39, 0.29) is 5.91 Å². The van der Waals surface area contributed by atoms with Gasteiger partial charge in [-0.3, -0.25) is 9.69 Å². The summed E-state index contributed by atoms with van der Waals surface area (Å²) < 4.78 is 10.4. The standard InChI is InChI=1S/C19H25N3O3/c1-14(22-10-4-3-5-11-22)13-20-19(23)17-12-18(25-21-17)15-6-8-16(24-2)9-7-15/h6-9,12,14H,3-5,10-11,13H2,1-2H3,(H,20,23). The average Bonchev–Trinajstić information content (AvgIpc) is 3.17. The Morgan fingerprint density at radius 2 is 2.00 bits per heavy atom. The van der Waals surface area contributed by atoms with Crippen LogP contribution in [0.15, 0.2) is 34.9 Å². The van der Waals surface area contributed by atoms with Crippen molar-refractivity contribution in [2.45, 2.75) is 32.2 Å². The number of hydrogen-bond acceptors (Lipinski definition) is 5. The maximum absolute atomic E-state index is 12.3. The molecule has 1 atom stereocenters. The molecule has 2 heterocycles. The lowest BCUT2D eigenvalue weighted by atomic mass is 10.1. The van der Waals surface area contributed by atoms with Crippen molar-refractivity contribution in [2.75, 3.05) is 26.7 Å². The van der Waals surface area contributed by atoms with Gasteiger partial charge in [0, 0.05) is 24.2 Å². The van der Waals surface area contributed by atoms with Crippen LogP contribution in [0.25, 0.3) is 11.3 Å². The summed E-state index contributed by atoms with van der Waals surface area (Å²) in [5.74, 6) is 1.14. The van der Waals surface area contributed by atoms with Crippen molar-refractivity contribution < 1.29 is 14.1 Å². The molecule has 0 saturated carbocycles. The minimum absolute atomic E-state index is 0.202. The van der Waals surface area contributed by atoms with Crippen LogP contribution in [0.2, 0.25) is 0 Å². The lowest BCUT2D eigenvalue weighted by Crippen LogP contribution is -2.44. The first-order valence-corrected chi connectivity index (χ1v) is 8.81. The van der Waals surface area contributed by atoms with E-state index in [4.69, 9.17) is 9.26 Å². The Bertz CT molecular complexity index is 690. The van der Waals surface area contributed by atoms with Gasteiger partial charge in [0.1, 0.15) is 5.75 Å². The zero-order chi connectivity index (χ0) is 17.6. The molecule has 0 radical (unpaired) electrons. The molecule has 3 rings (SSSR count). The van der Waals surface area contributed by atoms with E-state index in [2.05, 4.69) is 22.3 Å². The zero-order valence-electron chi connectivity index (χ0n) is 14.8. The van der Waals surface area contributed by atoms with Crippen LogP contribution >= 0.6 is 0 Å². The van der Waals surface area contributed by atoms with Crippen molar-refractivity contribution in [3.8, 4) is 17.1 Å². The van der Waals surface area contributed by atoms with Gasteiger partial charge in [-0.05, 0) is 57.1 Å². The normalized spacial score (nSPS) is 16.4. The van der Waals surface area contributed by atoms with Gasteiger partial charge >= 0.3 is 0 Å². The van der Waals surface area contributed by atoms with Crippen LogP contribution in [-0.2, 0) is 0 Å². The quantitative estimate of drug-likeness (QED) is 0.873. The third kappa shape index (κ3) is 4.39. The predicted octanol–water partition coefficient (Wildman–Crippen LogP) is 2.95. The van der Waals surface area contributed by atoms with Crippen LogP contribution in [0.5, 0.6) is 5.75 Å². The Labute approximate surface area is 148 Å². The first-order valence-electron chi connectivity index (χ1n) is 8.81. The highest BCUT2D eigenvalue weighted by Gasteiger charge is 2.19. The van der Waals surface area contributed by atoms with E-state index in [1.165, 1.54) is 19.3 Å². The summed E-state index contributed by atoms with van der Waals surface area (Å²) in [7, 11) is 1.62. The Morgan fingerprint density at radius 3 is 2.68 bits per heavy atom. The van der Waals surface area contributed by atoms with Gasteiger partial charge in [0.2, 0.25) is 0 Å². The van der Waals surface area contributed by atoms with Crippen LogP contribution in [0.3, 0.4) is 0 Å². The molecule has 6 heteroatoms. The Kier molecular flexibility index (Phi) is 5.71. The van der Waals surface area contributed by atoms with Gasteiger partial charge < -0.3 is 14.6 Å². The second-order valence-electron chi connectivity index (χ2n) is 6.46. The van der Waals surface area contributed by atoms with Gasteiger partial charge in [0.05, 0.1) is 7.11 Å². The summed E-state index contributed by atoms with van der Waals surface area (Å²) in [6.07, 6.45) is 3.79. The zero-order valence-corrected chi connectivity index (χ0v) is 14.8. The van der Waals surface area contributed by atoms with Crippen LogP contribution in [0.1, 0.15) is 36.7 Å². The van der Waals surface area contributed by atoms with Crippen molar-refractivity contribution in [1.82, 2.24) is 15.4 Å². The predicted molar refractivity (Wildman–Crippen MR) is 95.7 cm³/mol. The number of aromatic nitrogens is 1. The number of rotatable bonds is 6. The highest BCUT2D eigenvalue weighted by molar-refractivity contribution is 5.93. The van der Waals surface area contributed by atoms with Crippen LogP contribution in [0.4, 0.5) is 0 Å². The summed E-state index contributed by atoms with van der Waals surface area (Å²) in [4.78, 5) is 14.7. The first kappa shape index (κ1) is 17.5. The summed E-state index contributed by atoms with van der Waals surface area (Å²) in [5, 5.41) is 6.85. The Hall–Kier alpha value is -2.34. The van der Waals surface area contributed by atoms with E-state index < -0.39 is 0 Å². The molecule has 2 aromatic rings. The molecule has 1 N–H and O–H groups in total. The van der Waals surface area contributed by atoms with E-state index in [9.17, 15) is 4.79 Å². The Morgan fingerprint density at radius 1 is 1.28 bits per heavy atom. The average molecular weight is 343 g/mol. The number of carbonyl (C=O) groups is 1. The minimum Gasteiger partial charge on any atom is -0.497 e. The number of piperidine rings is 1. The van der Waals surface area contributed by atoms with E-state index >= 15 is 0 Å². The number of ether oxygens (including phenoxy) is 1. The molecule has 1 aliphatic heterocycles. The molecule has 0 spiro atoms. The molecule has 1 aliphatic rings. The maximum atomic E-state index is 12.3. The second-order valence-corrected chi connectivity index (χ2v) is 6.46. The molecule has 1 aromatic carbocycles. The molecular formula is C19H25N3O3. The number of nitrogens with zero attached hydrogens (tertiary/aromatic N) is 2. The van der Waals surface area contributed by atoms with E-state index in [1.54, 1.807) is 13.2 Å². The van der Waals surface area contributed by atoms with E-state index in [0.717, 1.165) is 24.4 Å². The van der Waals surface area contributed by atoms with Crippen molar-refractivity contribution in [2.24, 2.45) is 0 Å². The molecule has 1 unspecified atom stereocenters. The number of amides is 1. The Balaban J connectivity index is 1.56. The molecule has 1 amide bonds. The van der Waals surface area contributed by atoms with Crippen LogP contribution in [0, 0.1) is 0 Å². The molecule has 1 aromatic heterocycles. The second kappa shape index (κ2) is 8.16. The molecule has 134 valence electrons. The summed E-state index contributed by atoms with van der Waals surface area (Å²) in [5.41, 5.74) is 1.16. The molecule has 1 fully saturated rings. The number of likely N-dealkylation sites (tertiary alicyclic amines) is 1. The van der Waals surface area contributed by atoms with E-state index in [0.29, 0.717) is 24.0 Å². The molecule has 0 bridgehead atoms. The third-order valence-electron chi connectivity index (χ3n) is 4.69. The van der Waals surface area contributed by atoms with Gasteiger partial charge in [-0.2, -0.15) is 0 Å². The fourth-order valence-electron chi connectivity index (χ4n) is 3.09. The van der Waals surface area contributed by atoms with Crippen molar-refractivity contribution in [3.63, 3.8) is 0 Å². The summed E-state index contributed by atoms with van der Waals surface area (Å²) >= 11 is 0. The summed E-state index contributed by atoms with van der Waals surface area (Å²) in [6, 6.07) is 9.44. The topological polar surface area (TPSA) is 67.6 Å². The lowest BCUT2D eigenvalue weighted by Gasteiger charge is -2.32. The van der Waals surface area contributed by atoms with Gasteiger partial charge in [-0.15, -0.1) is 0 Å². The van der Waals surface area contributed by atoms with Crippen LogP contribution in [-0.4, -0.2) is 48.7 Å². The molecule has 6 nitrogen and oxygen atoms in total. The number of hydrogen-bond donors (Lipinski definition) is 1. The van der Waals surface area contributed by atoms with Crippen molar-refractivity contribution in [1.29, 1.82) is 0 Å². The monoisotopic (exact) mass is 343 g/mol. The minimum atomic E-state index is -0.202. The largest absolute Gasteiger partial charge is 0.497 e.